The van der Waals surface area contributed by atoms with Gasteiger partial charge < -0.3 is 14.8 Å². The van der Waals surface area contributed by atoms with Crippen LogP contribution >= 0.6 is 11.3 Å². The molecule has 0 saturated heterocycles. The van der Waals surface area contributed by atoms with E-state index in [0.29, 0.717) is 11.0 Å². The number of benzene rings is 1. The maximum atomic E-state index is 12.0. The summed E-state index contributed by atoms with van der Waals surface area (Å²) in [5.41, 5.74) is 2.11. The summed E-state index contributed by atoms with van der Waals surface area (Å²) in [5, 5.41) is 3.64. The number of carbonyl (C=O) groups is 1. The van der Waals surface area contributed by atoms with Crippen LogP contribution < -0.4 is 14.8 Å². The number of hydrogen-bond donors (Lipinski definition) is 1. The van der Waals surface area contributed by atoms with Crippen LogP contribution in [0.1, 0.15) is 29.5 Å². The predicted molar refractivity (Wildman–Crippen MR) is 88.1 cm³/mol. The van der Waals surface area contributed by atoms with E-state index in [-0.39, 0.29) is 18.6 Å². The molecule has 2 atom stereocenters. The lowest BCUT2D eigenvalue weighted by atomic mass is 10.1. The molecule has 120 valence electrons. The van der Waals surface area contributed by atoms with Crippen molar-refractivity contribution in [2.45, 2.75) is 26.7 Å². The van der Waals surface area contributed by atoms with Crippen molar-refractivity contribution >= 4 is 22.4 Å². The maximum Gasteiger partial charge on any atom is 0.231 e. The largest absolute Gasteiger partial charge is 0.454 e. The van der Waals surface area contributed by atoms with Crippen LogP contribution in [-0.2, 0) is 11.2 Å². The smallest absolute Gasteiger partial charge is 0.231 e. The van der Waals surface area contributed by atoms with Gasteiger partial charge in [0.2, 0.25) is 12.7 Å². The maximum absolute atomic E-state index is 12.0. The molecule has 23 heavy (non-hydrogen) atoms. The van der Waals surface area contributed by atoms with Gasteiger partial charge in [0, 0.05) is 17.2 Å². The fourth-order valence-electron chi connectivity index (χ4n) is 2.77. The number of fused-ring (bicyclic) bond motifs is 1. The monoisotopic (exact) mass is 330 g/mol. The summed E-state index contributed by atoms with van der Waals surface area (Å²) in [5.74, 6) is 2.35. The summed E-state index contributed by atoms with van der Waals surface area (Å²) >= 11 is 1.55. The SMILES string of the molecule is Cc1nc(NC(=O)[C@H]2C[C@H]2C)sc1Cc1ccc2c(c1)OCO2. The standard InChI is InChI=1S/C17H18N2O3S/c1-9-5-12(9)16(20)19-17-18-10(2)15(23-17)7-11-3-4-13-14(6-11)22-8-21-13/h3-4,6,9,12H,5,7-8H2,1-2H3,(H,18,19,20)/t9-,12+/m1/s1. The zero-order valence-electron chi connectivity index (χ0n) is 13.1. The molecule has 2 aliphatic rings. The van der Waals surface area contributed by atoms with Gasteiger partial charge in [-0.15, -0.1) is 11.3 Å². The third-order valence-electron chi connectivity index (χ3n) is 4.37. The third kappa shape index (κ3) is 2.91. The highest BCUT2D eigenvalue weighted by molar-refractivity contribution is 7.15. The Labute approximate surface area is 138 Å². The van der Waals surface area contributed by atoms with Gasteiger partial charge in [-0.1, -0.05) is 13.0 Å². The summed E-state index contributed by atoms with van der Waals surface area (Å²) in [6.45, 7) is 4.37. The van der Waals surface area contributed by atoms with Crippen LogP contribution in [0.15, 0.2) is 18.2 Å². The average Bonchev–Trinajstić information content (AvgIpc) is 2.92. The minimum atomic E-state index is 0.0980. The highest BCUT2D eigenvalue weighted by Crippen LogP contribution is 2.39. The van der Waals surface area contributed by atoms with Gasteiger partial charge in [0.05, 0.1) is 5.69 Å². The van der Waals surface area contributed by atoms with E-state index in [1.807, 2.05) is 25.1 Å². The molecule has 1 aliphatic carbocycles. The molecule has 1 aromatic heterocycles. The van der Waals surface area contributed by atoms with Crippen molar-refractivity contribution in [1.29, 1.82) is 0 Å². The van der Waals surface area contributed by atoms with Crippen LogP contribution in [0.4, 0.5) is 5.13 Å². The molecule has 0 bridgehead atoms. The molecule has 1 fully saturated rings. The number of nitrogens with one attached hydrogen (secondary N) is 1. The summed E-state index contributed by atoms with van der Waals surface area (Å²) in [6.07, 6.45) is 1.76. The highest BCUT2D eigenvalue weighted by Gasteiger charge is 2.39. The predicted octanol–water partition coefficient (Wildman–Crippen LogP) is 3.37. The van der Waals surface area contributed by atoms with Crippen molar-refractivity contribution in [2.24, 2.45) is 11.8 Å². The molecule has 6 heteroatoms. The molecule has 4 rings (SSSR count). The van der Waals surface area contributed by atoms with Crippen molar-refractivity contribution in [3.63, 3.8) is 0 Å². The number of aromatic nitrogens is 1. The van der Waals surface area contributed by atoms with Gasteiger partial charge in [-0.05, 0) is 37.0 Å². The van der Waals surface area contributed by atoms with Crippen molar-refractivity contribution < 1.29 is 14.3 Å². The zero-order valence-corrected chi connectivity index (χ0v) is 13.9. The number of anilines is 1. The molecule has 1 aromatic carbocycles. The molecule has 0 radical (unpaired) electrons. The lowest BCUT2D eigenvalue weighted by molar-refractivity contribution is -0.117. The molecule has 1 N–H and O–H groups in total. The average molecular weight is 330 g/mol. The summed E-state index contributed by atoms with van der Waals surface area (Å²) in [6, 6.07) is 5.98. The Morgan fingerprint density at radius 2 is 2.17 bits per heavy atom. The molecule has 1 amide bonds. The van der Waals surface area contributed by atoms with E-state index in [2.05, 4.69) is 17.2 Å². The van der Waals surface area contributed by atoms with Gasteiger partial charge in [-0.2, -0.15) is 0 Å². The first-order valence-electron chi connectivity index (χ1n) is 7.76. The van der Waals surface area contributed by atoms with Crippen molar-refractivity contribution in [3.8, 4) is 11.5 Å². The molecule has 5 nitrogen and oxygen atoms in total. The van der Waals surface area contributed by atoms with Gasteiger partial charge in [-0.25, -0.2) is 4.98 Å². The van der Waals surface area contributed by atoms with E-state index < -0.39 is 0 Å². The minimum Gasteiger partial charge on any atom is -0.454 e. The number of carbonyl (C=O) groups excluding carboxylic acids is 1. The first kappa shape index (κ1) is 14.5. The molecule has 0 spiro atoms. The molecule has 0 unspecified atom stereocenters. The van der Waals surface area contributed by atoms with Gasteiger partial charge in [0.1, 0.15) is 0 Å². The number of hydrogen-bond acceptors (Lipinski definition) is 5. The third-order valence-corrected chi connectivity index (χ3v) is 5.44. The molecular weight excluding hydrogens is 312 g/mol. The summed E-state index contributed by atoms with van der Waals surface area (Å²) in [7, 11) is 0. The van der Waals surface area contributed by atoms with E-state index in [0.717, 1.165) is 40.5 Å². The van der Waals surface area contributed by atoms with Gasteiger partial charge >= 0.3 is 0 Å². The van der Waals surface area contributed by atoms with Crippen LogP contribution in [0, 0.1) is 18.8 Å². The van der Waals surface area contributed by atoms with E-state index in [9.17, 15) is 4.79 Å². The van der Waals surface area contributed by atoms with E-state index in [1.54, 1.807) is 11.3 Å². The zero-order chi connectivity index (χ0) is 16.0. The first-order chi connectivity index (χ1) is 11.1. The molecule has 2 aromatic rings. The topological polar surface area (TPSA) is 60.5 Å². The van der Waals surface area contributed by atoms with Crippen molar-refractivity contribution in [2.75, 3.05) is 12.1 Å². The van der Waals surface area contributed by atoms with E-state index in [4.69, 9.17) is 9.47 Å². The number of rotatable bonds is 4. The first-order valence-corrected chi connectivity index (χ1v) is 8.57. The Morgan fingerprint density at radius 1 is 1.39 bits per heavy atom. The van der Waals surface area contributed by atoms with E-state index >= 15 is 0 Å². The number of thiazole rings is 1. The van der Waals surface area contributed by atoms with Crippen LogP contribution in [-0.4, -0.2) is 17.7 Å². The van der Waals surface area contributed by atoms with Crippen molar-refractivity contribution in [1.82, 2.24) is 4.98 Å². The van der Waals surface area contributed by atoms with Gasteiger partial charge in [0.15, 0.2) is 16.6 Å². The quantitative estimate of drug-likeness (QED) is 0.934. The lowest BCUT2D eigenvalue weighted by Gasteiger charge is -2.02. The summed E-state index contributed by atoms with van der Waals surface area (Å²) < 4.78 is 10.7. The second-order valence-corrected chi connectivity index (χ2v) is 7.28. The fraction of sp³-hybridized carbons (Fsp3) is 0.412. The molecule has 1 aliphatic heterocycles. The van der Waals surface area contributed by atoms with Crippen LogP contribution in [0.5, 0.6) is 11.5 Å². The Bertz CT molecular complexity index is 771. The molecule has 2 heterocycles. The number of amides is 1. The Morgan fingerprint density at radius 3 is 2.96 bits per heavy atom. The molecule has 1 saturated carbocycles. The van der Waals surface area contributed by atoms with Crippen LogP contribution in [0.2, 0.25) is 0 Å². The fourth-order valence-corrected chi connectivity index (χ4v) is 3.77. The molecular formula is C17H18N2O3S. The second-order valence-electron chi connectivity index (χ2n) is 6.20. The van der Waals surface area contributed by atoms with Crippen LogP contribution in [0.3, 0.4) is 0 Å². The van der Waals surface area contributed by atoms with Crippen LogP contribution in [0.25, 0.3) is 0 Å². The Kier molecular flexibility index (Phi) is 3.49. The lowest BCUT2D eigenvalue weighted by Crippen LogP contribution is -2.14. The summed E-state index contributed by atoms with van der Waals surface area (Å²) in [4.78, 5) is 17.7. The number of nitrogens with zero attached hydrogens (tertiary/aromatic N) is 1. The normalized spacial score (nSPS) is 21.3. The highest BCUT2D eigenvalue weighted by atomic mass is 32.1. The Hall–Kier alpha value is -2.08. The van der Waals surface area contributed by atoms with Crippen molar-refractivity contribution in [3.05, 3.63) is 34.3 Å². The van der Waals surface area contributed by atoms with Gasteiger partial charge in [-0.3, -0.25) is 4.79 Å². The number of aryl methyl sites for hydroxylation is 1. The van der Waals surface area contributed by atoms with Gasteiger partial charge in [0.25, 0.3) is 0 Å². The minimum absolute atomic E-state index is 0.0980. The van der Waals surface area contributed by atoms with E-state index in [1.165, 1.54) is 0 Å². The number of ether oxygens (including phenoxy) is 2. The Balaban J connectivity index is 1.48. The second kappa shape index (κ2) is 5.53.